The predicted octanol–water partition coefficient (Wildman–Crippen LogP) is 3.87. The number of rotatable bonds is 8. The molecule has 1 aliphatic carbocycles. The molecule has 1 fully saturated rings. The number of aromatic nitrogens is 4. The van der Waals surface area contributed by atoms with E-state index in [4.69, 9.17) is 10.00 Å². The first kappa shape index (κ1) is 19.3. The topological polar surface area (TPSA) is 132 Å². The molecule has 30 heavy (non-hydrogen) atoms. The third-order valence-corrected chi connectivity index (χ3v) is 4.97. The van der Waals surface area contributed by atoms with Gasteiger partial charge in [-0.25, -0.2) is 9.97 Å². The third-order valence-electron chi connectivity index (χ3n) is 4.97. The van der Waals surface area contributed by atoms with Crippen LogP contribution in [0.1, 0.15) is 25.3 Å². The number of nitro groups is 1. The average Bonchev–Trinajstić information content (AvgIpc) is 3.48. The molecule has 0 bridgehead atoms. The van der Waals surface area contributed by atoms with Crippen LogP contribution in [0.4, 0.5) is 17.3 Å². The van der Waals surface area contributed by atoms with Gasteiger partial charge in [0, 0.05) is 29.6 Å². The normalized spacial score (nSPS) is 14.0. The van der Waals surface area contributed by atoms with E-state index >= 15 is 0 Å². The van der Waals surface area contributed by atoms with Crippen molar-refractivity contribution in [3.05, 3.63) is 53.0 Å². The minimum Gasteiger partial charge on any atom is -0.493 e. The standard InChI is InChI=1S/C20H19N7O3/c1-30-18-11-22-20(24-15-3-2-4-16(9-15)27(28)29)25-19(18)14-10-23-26(12-14)17(7-8-21)13-5-6-13/h2-4,9-13,17H,5-7H2,1H3,(H,22,24,25). The van der Waals surface area contributed by atoms with Crippen molar-refractivity contribution in [1.82, 2.24) is 19.7 Å². The lowest BCUT2D eigenvalue weighted by Gasteiger charge is -2.13. The molecule has 3 aromatic rings. The fourth-order valence-corrected chi connectivity index (χ4v) is 3.31. The smallest absolute Gasteiger partial charge is 0.271 e. The van der Waals surface area contributed by atoms with E-state index in [9.17, 15) is 10.1 Å². The minimum atomic E-state index is -0.461. The fourth-order valence-electron chi connectivity index (χ4n) is 3.31. The molecule has 1 atom stereocenters. The van der Waals surface area contributed by atoms with E-state index in [2.05, 4.69) is 26.5 Å². The van der Waals surface area contributed by atoms with Crippen LogP contribution in [0, 0.1) is 27.4 Å². The Labute approximate surface area is 172 Å². The Hall–Kier alpha value is -4.00. The molecule has 1 unspecified atom stereocenters. The first-order valence-corrected chi connectivity index (χ1v) is 9.43. The molecule has 2 heterocycles. The van der Waals surface area contributed by atoms with Crippen LogP contribution in [0.15, 0.2) is 42.9 Å². The van der Waals surface area contributed by atoms with Gasteiger partial charge in [0.1, 0.15) is 5.69 Å². The van der Waals surface area contributed by atoms with E-state index < -0.39 is 4.92 Å². The Morgan fingerprint density at radius 1 is 1.43 bits per heavy atom. The van der Waals surface area contributed by atoms with Gasteiger partial charge in [-0.1, -0.05) is 6.07 Å². The van der Waals surface area contributed by atoms with Crippen LogP contribution >= 0.6 is 0 Å². The molecular formula is C20H19N7O3. The van der Waals surface area contributed by atoms with E-state index in [0.717, 1.165) is 18.4 Å². The van der Waals surface area contributed by atoms with E-state index in [-0.39, 0.29) is 17.7 Å². The summed E-state index contributed by atoms with van der Waals surface area (Å²) >= 11 is 0. The lowest BCUT2D eigenvalue weighted by atomic mass is 10.1. The SMILES string of the molecule is COc1cnc(Nc2cccc([N+](=O)[O-])c2)nc1-c1cnn(C(CC#N)C2CC2)c1. The molecule has 1 aliphatic rings. The maximum atomic E-state index is 11.0. The Bertz CT molecular complexity index is 1120. The van der Waals surface area contributed by atoms with Crippen molar-refractivity contribution >= 4 is 17.3 Å². The number of benzene rings is 1. The summed E-state index contributed by atoms with van der Waals surface area (Å²) in [5.74, 6) is 1.23. The predicted molar refractivity (Wildman–Crippen MR) is 108 cm³/mol. The second-order valence-corrected chi connectivity index (χ2v) is 7.02. The highest BCUT2D eigenvalue weighted by Gasteiger charge is 2.33. The van der Waals surface area contributed by atoms with Gasteiger partial charge in [0.05, 0.1) is 43.0 Å². The Morgan fingerprint density at radius 2 is 2.27 bits per heavy atom. The summed E-state index contributed by atoms with van der Waals surface area (Å²) in [4.78, 5) is 19.3. The molecule has 10 nitrogen and oxygen atoms in total. The Balaban J connectivity index is 1.63. The van der Waals surface area contributed by atoms with Crippen molar-refractivity contribution in [3.63, 3.8) is 0 Å². The average molecular weight is 405 g/mol. The lowest BCUT2D eigenvalue weighted by Crippen LogP contribution is -2.11. The van der Waals surface area contributed by atoms with E-state index in [0.29, 0.717) is 29.5 Å². The number of anilines is 2. The number of nitrogens with zero attached hydrogens (tertiary/aromatic N) is 6. The fraction of sp³-hybridized carbons (Fsp3) is 0.300. The van der Waals surface area contributed by atoms with Crippen LogP contribution in [0.25, 0.3) is 11.3 Å². The molecule has 1 saturated carbocycles. The van der Waals surface area contributed by atoms with E-state index in [1.807, 2.05) is 10.9 Å². The third kappa shape index (κ3) is 4.05. The first-order valence-electron chi connectivity index (χ1n) is 9.43. The second-order valence-electron chi connectivity index (χ2n) is 7.02. The van der Waals surface area contributed by atoms with Crippen molar-refractivity contribution in [1.29, 1.82) is 5.26 Å². The summed E-state index contributed by atoms with van der Waals surface area (Å²) in [6.45, 7) is 0. The first-order chi connectivity index (χ1) is 14.6. The van der Waals surface area contributed by atoms with Crippen molar-refractivity contribution in [2.45, 2.75) is 25.3 Å². The minimum absolute atomic E-state index is 0.0291. The highest BCUT2D eigenvalue weighted by Crippen LogP contribution is 2.41. The maximum Gasteiger partial charge on any atom is 0.271 e. The van der Waals surface area contributed by atoms with Gasteiger partial charge in [-0.2, -0.15) is 10.4 Å². The summed E-state index contributed by atoms with van der Waals surface area (Å²) in [7, 11) is 1.53. The van der Waals surface area contributed by atoms with Crippen LogP contribution in [0.3, 0.4) is 0 Å². The molecule has 0 spiro atoms. The number of ether oxygens (including phenoxy) is 1. The second kappa shape index (κ2) is 8.16. The maximum absolute atomic E-state index is 11.0. The van der Waals surface area contributed by atoms with Crippen molar-refractivity contribution in [2.24, 2.45) is 5.92 Å². The molecule has 4 rings (SSSR count). The van der Waals surface area contributed by atoms with Gasteiger partial charge in [-0.05, 0) is 24.8 Å². The van der Waals surface area contributed by atoms with Gasteiger partial charge in [-0.15, -0.1) is 0 Å². The van der Waals surface area contributed by atoms with Crippen molar-refractivity contribution in [3.8, 4) is 23.1 Å². The van der Waals surface area contributed by atoms with Gasteiger partial charge in [0.25, 0.3) is 5.69 Å². The summed E-state index contributed by atoms with van der Waals surface area (Å²) in [6, 6.07) is 8.40. The molecule has 152 valence electrons. The summed E-state index contributed by atoms with van der Waals surface area (Å²) in [5, 5.41) is 27.5. The van der Waals surface area contributed by atoms with Gasteiger partial charge >= 0.3 is 0 Å². The quantitative estimate of drug-likeness (QED) is 0.441. The van der Waals surface area contributed by atoms with Gasteiger partial charge < -0.3 is 10.1 Å². The zero-order valence-electron chi connectivity index (χ0n) is 16.2. The van der Waals surface area contributed by atoms with Crippen LogP contribution in [-0.4, -0.2) is 31.8 Å². The summed E-state index contributed by atoms with van der Waals surface area (Å²) in [5.41, 5.74) is 1.75. The molecule has 1 N–H and O–H groups in total. The zero-order valence-corrected chi connectivity index (χ0v) is 16.2. The molecule has 0 amide bonds. The summed E-state index contributed by atoms with van der Waals surface area (Å²) in [6.07, 6.45) is 7.71. The number of hydrogen-bond donors (Lipinski definition) is 1. The Morgan fingerprint density at radius 3 is 2.97 bits per heavy atom. The van der Waals surface area contributed by atoms with Crippen LogP contribution in [-0.2, 0) is 0 Å². The molecule has 0 aliphatic heterocycles. The van der Waals surface area contributed by atoms with Gasteiger partial charge in [0.15, 0.2) is 5.75 Å². The summed E-state index contributed by atoms with van der Waals surface area (Å²) < 4.78 is 7.23. The van der Waals surface area contributed by atoms with Crippen LogP contribution in [0.2, 0.25) is 0 Å². The highest BCUT2D eigenvalue weighted by atomic mass is 16.6. The molecule has 0 radical (unpaired) electrons. The van der Waals surface area contributed by atoms with Crippen LogP contribution in [0.5, 0.6) is 5.75 Å². The number of non-ortho nitro benzene ring substituents is 1. The lowest BCUT2D eigenvalue weighted by molar-refractivity contribution is -0.384. The molecule has 1 aromatic carbocycles. The van der Waals surface area contributed by atoms with Crippen molar-refractivity contribution < 1.29 is 9.66 Å². The van der Waals surface area contributed by atoms with Gasteiger partial charge in [-0.3, -0.25) is 14.8 Å². The van der Waals surface area contributed by atoms with Crippen molar-refractivity contribution in [2.75, 3.05) is 12.4 Å². The van der Waals surface area contributed by atoms with Crippen LogP contribution < -0.4 is 10.1 Å². The van der Waals surface area contributed by atoms with Gasteiger partial charge in [0.2, 0.25) is 5.95 Å². The number of hydrogen-bond acceptors (Lipinski definition) is 8. The number of nitro benzene ring substituents is 1. The largest absolute Gasteiger partial charge is 0.493 e. The van der Waals surface area contributed by atoms with E-state index in [1.165, 1.54) is 25.4 Å². The molecule has 2 aromatic heterocycles. The number of nitriles is 1. The Kier molecular flexibility index (Phi) is 5.26. The van der Waals surface area contributed by atoms with E-state index in [1.54, 1.807) is 18.3 Å². The number of methoxy groups -OCH3 is 1. The highest BCUT2D eigenvalue weighted by molar-refractivity contribution is 5.67. The molecule has 0 saturated heterocycles. The molecular weight excluding hydrogens is 386 g/mol. The zero-order chi connectivity index (χ0) is 21.1. The number of nitrogens with one attached hydrogen (secondary N) is 1. The monoisotopic (exact) mass is 405 g/mol. The molecule has 10 heteroatoms.